The smallest absolute Gasteiger partial charge is 0.293 e. The number of nitrogens with one attached hydrogen (secondary N) is 2. The molecule has 2 aromatic carbocycles. The number of nitro benzene ring substituents is 1. The van der Waals surface area contributed by atoms with E-state index in [9.17, 15) is 14.9 Å². The number of piperidine rings is 1. The van der Waals surface area contributed by atoms with Gasteiger partial charge < -0.3 is 10.2 Å². The summed E-state index contributed by atoms with van der Waals surface area (Å²) in [6, 6.07) is 8.46. The van der Waals surface area contributed by atoms with E-state index in [-0.39, 0.29) is 16.4 Å². The predicted molar refractivity (Wildman–Crippen MR) is 126 cm³/mol. The van der Waals surface area contributed by atoms with Gasteiger partial charge in [0.1, 0.15) is 5.69 Å². The van der Waals surface area contributed by atoms with E-state index >= 15 is 0 Å². The third kappa shape index (κ3) is 5.14. The molecule has 158 valence electrons. The van der Waals surface area contributed by atoms with Gasteiger partial charge in [-0.1, -0.05) is 15.9 Å². The molecule has 30 heavy (non-hydrogen) atoms. The fraction of sp³-hybridized carbons (Fsp3) is 0.333. The molecule has 9 heteroatoms. The van der Waals surface area contributed by atoms with E-state index in [2.05, 4.69) is 26.6 Å². The maximum Gasteiger partial charge on any atom is 0.293 e. The molecule has 0 bridgehead atoms. The summed E-state index contributed by atoms with van der Waals surface area (Å²) in [5.74, 6) is -0.492. The SMILES string of the molecule is Cc1cc(Br)cc(C)c1NC(=S)NC(=O)c1ccc(N2CCCCC2)c([N+](=O)[O-])c1. The van der Waals surface area contributed by atoms with Gasteiger partial charge in [0.05, 0.1) is 4.92 Å². The molecule has 0 spiro atoms. The fourth-order valence-corrected chi connectivity index (χ4v) is 4.52. The number of benzene rings is 2. The number of nitrogens with zero attached hydrogens (tertiary/aromatic N) is 2. The second-order valence-corrected chi connectivity index (χ2v) is 8.66. The second kappa shape index (κ2) is 9.53. The van der Waals surface area contributed by atoms with Gasteiger partial charge in [-0.25, -0.2) is 0 Å². The van der Waals surface area contributed by atoms with Crippen LogP contribution in [0.25, 0.3) is 0 Å². The zero-order chi connectivity index (χ0) is 21.8. The van der Waals surface area contributed by atoms with Crippen molar-refractivity contribution in [3.8, 4) is 0 Å². The first kappa shape index (κ1) is 22.2. The van der Waals surface area contributed by atoms with Crippen LogP contribution in [0.1, 0.15) is 40.7 Å². The normalized spacial score (nSPS) is 13.6. The lowest BCUT2D eigenvalue weighted by Crippen LogP contribution is -2.34. The third-order valence-electron chi connectivity index (χ3n) is 5.09. The van der Waals surface area contributed by atoms with Crippen LogP contribution < -0.4 is 15.5 Å². The summed E-state index contributed by atoms with van der Waals surface area (Å²) in [6.45, 7) is 5.44. The Hall–Kier alpha value is -2.52. The number of hydrogen-bond acceptors (Lipinski definition) is 5. The maximum atomic E-state index is 12.6. The molecule has 2 aromatic rings. The summed E-state index contributed by atoms with van der Waals surface area (Å²) in [5, 5.41) is 17.4. The lowest BCUT2D eigenvalue weighted by Gasteiger charge is -2.28. The van der Waals surface area contributed by atoms with Crippen LogP contribution in [0.3, 0.4) is 0 Å². The van der Waals surface area contributed by atoms with Crippen LogP contribution in [-0.4, -0.2) is 29.0 Å². The van der Waals surface area contributed by atoms with Crippen LogP contribution in [0.5, 0.6) is 0 Å². The average molecular weight is 491 g/mol. The number of carbonyl (C=O) groups excluding carboxylic acids is 1. The molecule has 1 aliphatic rings. The van der Waals surface area contributed by atoms with Gasteiger partial charge >= 0.3 is 0 Å². The molecule has 0 radical (unpaired) electrons. The molecule has 1 heterocycles. The van der Waals surface area contributed by atoms with Crippen molar-refractivity contribution in [3.63, 3.8) is 0 Å². The number of thiocarbonyl (C=S) groups is 1. The molecule has 0 aliphatic carbocycles. The van der Waals surface area contributed by atoms with Crippen molar-refractivity contribution in [2.75, 3.05) is 23.3 Å². The van der Waals surface area contributed by atoms with Gasteiger partial charge in [-0.3, -0.25) is 20.2 Å². The van der Waals surface area contributed by atoms with Crippen LogP contribution in [0.2, 0.25) is 0 Å². The number of anilines is 2. The van der Waals surface area contributed by atoms with Crippen LogP contribution in [-0.2, 0) is 0 Å². The van der Waals surface area contributed by atoms with E-state index in [0.717, 1.165) is 53.6 Å². The Morgan fingerprint density at radius 3 is 2.37 bits per heavy atom. The summed E-state index contributed by atoms with van der Waals surface area (Å²) in [7, 11) is 0. The number of carbonyl (C=O) groups is 1. The standard InChI is InChI=1S/C21H23BrN4O3S/c1-13-10-16(22)11-14(2)19(13)23-21(30)24-20(27)15-6-7-17(18(12-15)26(28)29)25-8-4-3-5-9-25/h6-7,10-12H,3-5,8-9H2,1-2H3,(H2,23,24,27,30). The molecule has 1 saturated heterocycles. The highest BCUT2D eigenvalue weighted by atomic mass is 79.9. The second-order valence-electron chi connectivity index (χ2n) is 7.33. The minimum Gasteiger partial charge on any atom is -0.366 e. The average Bonchev–Trinajstić information content (AvgIpc) is 2.70. The molecule has 3 rings (SSSR count). The van der Waals surface area contributed by atoms with Crippen molar-refractivity contribution in [1.82, 2.24) is 5.32 Å². The van der Waals surface area contributed by atoms with Crippen LogP contribution in [0.4, 0.5) is 17.1 Å². The molecular formula is C21H23BrN4O3S. The van der Waals surface area contributed by atoms with Crippen molar-refractivity contribution in [1.29, 1.82) is 0 Å². The van der Waals surface area contributed by atoms with E-state index in [4.69, 9.17) is 12.2 Å². The third-order valence-corrected chi connectivity index (χ3v) is 5.76. The first-order chi connectivity index (χ1) is 14.3. The van der Waals surface area contributed by atoms with Gasteiger partial charge in [-0.2, -0.15) is 0 Å². The Kier molecular flexibility index (Phi) is 7.04. The van der Waals surface area contributed by atoms with Gasteiger partial charge in [0.25, 0.3) is 11.6 Å². The Bertz CT molecular complexity index is 983. The van der Waals surface area contributed by atoms with Crippen molar-refractivity contribution in [2.24, 2.45) is 0 Å². The topological polar surface area (TPSA) is 87.5 Å². The fourth-order valence-electron chi connectivity index (χ4n) is 3.64. The van der Waals surface area contributed by atoms with Crippen molar-refractivity contribution in [3.05, 3.63) is 61.6 Å². The molecule has 0 unspecified atom stereocenters. The van der Waals surface area contributed by atoms with E-state index in [1.807, 2.05) is 30.9 Å². The zero-order valence-electron chi connectivity index (χ0n) is 16.8. The van der Waals surface area contributed by atoms with Gasteiger partial charge in [0.2, 0.25) is 0 Å². The molecule has 2 N–H and O–H groups in total. The van der Waals surface area contributed by atoms with Gasteiger partial charge in [-0.15, -0.1) is 0 Å². The summed E-state index contributed by atoms with van der Waals surface area (Å²) in [4.78, 5) is 25.8. The molecule has 1 amide bonds. The Morgan fingerprint density at radius 2 is 1.77 bits per heavy atom. The Morgan fingerprint density at radius 1 is 1.13 bits per heavy atom. The number of nitro groups is 1. The molecule has 7 nitrogen and oxygen atoms in total. The van der Waals surface area contributed by atoms with E-state index < -0.39 is 10.8 Å². The Labute approximate surface area is 189 Å². The number of hydrogen-bond donors (Lipinski definition) is 2. The highest BCUT2D eigenvalue weighted by Gasteiger charge is 2.23. The van der Waals surface area contributed by atoms with Crippen molar-refractivity contribution in [2.45, 2.75) is 33.1 Å². The first-order valence-corrected chi connectivity index (χ1v) is 10.9. The number of halogens is 1. The Balaban J connectivity index is 1.75. The summed E-state index contributed by atoms with van der Waals surface area (Å²) >= 11 is 8.73. The molecule has 1 fully saturated rings. The molecule has 0 atom stereocenters. The zero-order valence-corrected chi connectivity index (χ0v) is 19.2. The minimum atomic E-state index is -0.492. The first-order valence-electron chi connectivity index (χ1n) is 9.68. The summed E-state index contributed by atoms with van der Waals surface area (Å²) in [5.41, 5.74) is 3.44. The summed E-state index contributed by atoms with van der Waals surface area (Å²) in [6.07, 6.45) is 3.15. The van der Waals surface area contributed by atoms with Crippen LogP contribution in [0.15, 0.2) is 34.8 Å². The van der Waals surface area contributed by atoms with Gasteiger partial charge in [0, 0.05) is 34.9 Å². The lowest BCUT2D eigenvalue weighted by atomic mass is 10.1. The largest absolute Gasteiger partial charge is 0.366 e. The van der Waals surface area contributed by atoms with Crippen LogP contribution >= 0.6 is 28.1 Å². The lowest BCUT2D eigenvalue weighted by molar-refractivity contribution is -0.384. The monoisotopic (exact) mass is 490 g/mol. The maximum absolute atomic E-state index is 12.6. The molecule has 0 saturated carbocycles. The highest BCUT2D eigenvalue weighted by Crippen LogP contribution is 2.31. The van der Waals surface area contributed by atoms with E-state index in [0.29, 0.717) is 5.69 Å². The molecule has 0 aromatic heterocycles. The molecular weight excluding hydrogens is 468 g/mol. The summed E-state index contributed by atoms with van der Waals surface area (Å²) < 4.78 is 0.958. The minimum absolute atomic E-state index is 0.0666. The van der Waals surface area contributed by atoms with Gasteiger partial charge in [-0.05, 0) is 80.7 Å². The number of rotatable bonds is 4. The van der Waals surface area contributed by atoms with E-state index in [1.54, 1.807) is 12.1 Å². The molecule has 1 aliphatic heterocycles. The number of aryl methyl sites for hydroxylation is 2. The van der Waals surface area contributed by atoms with Crippen molar-refractivity contribution >= 4 is 56.2 Å². The predicted octanol–water partition coefficient (Wildman–Crippen LogP) is 5.09. The van der Waals surface area contributed by atoms with Crippen molar-refractivity contribution < 1.29 is 9.72 Å². The quantitative estimate of drug-likeness (QED) is 0.352. The number of amides is 1. The van der Waals surface area contributed by atoms with Crippen LogP contribution in [0, 0.1) is 24.0 Å². The van der Waals surface area contributed by atoms with E-state index in [1.165, 1.54) is 6.07 Å². The van der Waals surface area contributed by atoms with Gasteiger partial charge in [0.15, 0.2) is 5.11 Å². The highest BCUT2D eigenvalue weighted by molar-refractivity contribution is 9.10.